The van der Waals surface area contributed by atoms with E-state index in [1.807, 2.05) is 0 Å². The number of aromatic nitrogens is 2. The van der Waals surface area contributed by atoms with Crippen LogP contribution in [0.3, 0.4) is 0 Å². The van der Waals surface area contributed by atoms with Crippen molar-refractivity contribution in [3.8, 4) is 5.88 Å². The average Bonchev–Trinajstić information content (AvgIpc) is 2.36. The van der Waals surface area contributed by atoms with E-state index in [1.165, 1.54) is 0 Å². The van der Waals surface area contributed by atoms with Crippen LogP contribution in [0.5, 0.6) is 5.88 Å². The van der Waals surface area contributed by atoms with Gasteiger partial charge >= 0.3 is 0 Å². The highest BCUT2D eigenvalue weighted by Crippen LogP contribution is 2.22. The molecule has 0 saturated heterocycles. The van der Waals surface area contributed by atoms with Gasteiger partial charge in [-0.2, -0.15) is 4.98 Å². The van der Waals surface area contributed by atoms with Crippen LogP contribution in [-0.4, -0.2) is 48.2 Å². The summed E-state index contributed by atoms with van der Waals surface area (Å²) in [6.45, 7) is 7.88. The van der Waals surface area contributed by atoms with Crippen LogP contribution >= 0.6 is 15.9 Å². The Morgan fingerprint density at radius 2 is 2.12 bits per heavy atom. The molecule has 17 heavy (non-hydrogen) atoms. The molecule has 0 radical (unpaired) electrons. The number of nitrogens with one attached hydrogen (secondary N) is 1. The van der Waals surface area contributed by atoms with Crippen molar-refractivity contribution >= 4 is 21.9 Å². The average molecular weight is 303 g/mol. The zero-order chi connectivity index (χ0) is 12.7. The molecular formula is C11H19BrN4O. The maximum absolute atomic E-state index is 5.63. The second kappa shape index (κ2) is 7.45. The molecule has 0 aliphatic carbocycles. The second-order valence-corrected chi connectivity index (χ2v) is 4.33. The highest BCUT2D eigenvalue weighted by atomic mass is 79.9. The van der Waals surface area contributed by atoms with Gasteiger partial charge in [-0.05, 0) is 29.0 Å². The topological polar surface area (TPSA) is 50.3 Å². The van der Waals surface area contributed by atoms with E-state index in [0.29, 0.717) is 18.4 Å². The Hall–Kier alpha value is -0.880. The smallest absolute Gasteiger partial charge is 0.232 e. The number of ether oxygens (including phenoxy) is 1. The van der Waals surface area contributed by atoms with E-state index in [9.17, 15) is 0 Å². The summed E-state index contributed by atoms with van der Waals surface area (Å²) in [7, 11) is 1.78. The zero-order valence-electron chi connectivity index (χ0n) is 10.5. The van der Waals surface area contributed by atoms with E-state index >= 15 is 0 Å². The number of nitrogens with zero attached hydrogens (tertiary/aromatic N) is 3. The van der Waals surface area contributed by atoms with E-state index in [2.05, 4.69) is 50.0 Å². The molecule has 0 saturated carbocycles. The Morgan fingerprint density at radius 3 is 2.71 bits per heavy atom. The highest BCUT2D eigenvalue weighted by Gasteiger charge is 2.06. The largest absolute Gasteiger partial charge is 0.475 e. The molecule has 6 heteroatoms. The van der Waals surface area contributed by atoms with Gasteiger partial charge in [-0.15, -0.1) is 0 Å². The van der Waals surface area contributed by atoms with Gasteiger partial charge in [0, 0.05) is 13.6 Å². The molecule has 0 aliphatic heterocycles. The summed E-state index contributed by atoms with van der Waals surface area (Å²) in [6.07, 6.45) is 1.69. The molecule has 0 amide bonds. The molecule has 0 aliphatic rings. The lowest BCUT2D eigenvalue weighted by atomic mass is 10.5. The minimum atomic E-state index is 0.561. The van der Waals surface area contributed by atoms with Crippen LogP contribution in [-0.2, 0) is 0 Å². The molecule has 0 unspecified atom stereocenters. The number of anilines is 1. The van der Waals surface area contributed by atoms with Crippen molar-refractivity contribution < 1.29 is 4.74 Å². The fraction of sp³-hybridized carbons (Fsp3) is 0.636. The molecule has 0 atom stereocenters. The first-order valence-corrected chi connectivity index (χ1v) is 6.56. The van der Waals surface area contributed by atoms with Crippen LogP contribution in [0.4, 0.5) is 5.95 Å². The second-order valence-electron chi connectivity index (χ2n) is 3.47. The Balaban J connectivity index is 2.50. The molecule has 1 aromatic rings. The van der Waals surface area contributed by atoms with Crippen LogP contribution in [0.15, 0.2) is 10.7 Å². The number of hydrogen-bond acceptors (Lipinski definition) is 5. The number of likely N-dealkylation sites (N-methyl/N-ethyl adjacent to an activating group) is 1. The van der Waals surface area contributed by atoms with Crippen LogP contribution < -0.4 is 10.1 Å². The summed E-state index contributed by atoms with van der Waals surface area (Å²) in [5.74, 6) is 1.14. The third kappa shape index (κ3) is 4.47. The summed E-state index contributed by atoms with van der Waals surface area (Å²) in [6, 6.07) is 0. The van der Waals surface area contributed by atoms with E-state index < -0.39 is 0 Å². The molecule has 0 fully saturated rings. The SMILES string of the molecule is CCN(CC)CCOc1nc(NC)ncc1Br. The standard InChI is InChI=1S/C11H19BrN4O/c1-4-16(5-2)6-7-17-10-9(12)8-14-11(13-3)15-10/h8H,4-7H2,1-3H3,(H,13,14,15). The van der Waals surface area contributed by atoms with Crippen molar-refractivity contribution in [1.29, 1.82) is 0 Å². The maximum Gasteiger partial charge on any atom is 0.232 e. The van der Waals surface area contributed by atoms with Crippen molar-refractivity contribution in [3.63, 3.8) is 0 Å². The fourth-order valence-corrected chi connectivity index (χ4v) is 1.69. The maximum atomic E-state index is 5.63. The van der Waals surface area contributed by atoms with Crippen molar-refractivity contribution in [3.05, 3.63) is 10.7 Å². The molecule has 5 nitrogen and oxygen atoms in total. The lowest BCUT2D eigenvalue weighted by molar-refractivity contribution is 0.217. The van der Waals surface area contributed by atoms with Crippen LogP contribution in [0.25, 0.3) is 0 Å². The summed E-state index contributed by atoms with van der Waals surface area (Å²) < 4.78 is 6.41. The van der Waals surface area contributed by atoms with Gasteiger partial charge in [-0.1, -0.05) is 13.8 Å². The number of rotatable bonds is 7. The lowest BCUT2D eigenvalue weighted by Gasteiger charge is -2.18. The van der Waals surface area contributed by atoms with Crippen LogP contribution in [0, 0.1) is 0 Å². The van der Waals surface area contributed by atoms with Crippen molar-refractivity contribution in [2.24, 2.45) is 0 Å². The van der Waals surface area contributed by atoms with Gasteiger partial charge in [0.2, 0.25) is 11.8 Å². The minimum absolute atomic E-state index is 0.561. The van der Waals surface area contributed by atoms with Gasteiger partial charge in [0.25, 0.3) is 0 Å². The summed E-state index contributed by atoms with van der Waals surface area (Å²) in [5.41, 5.74) is 0. The normalized spacial score (nSPS) is 10.6. The van der Waals surface area contributed by atoms with E-state index in [-0.39, 0.29) is 0 Å². The van der Waals surface area contributed by atoms with Crippen molar-refractivity contribution in [1.82, 2.24) is 14.9 Å². The van der Waals surface area contributed by atoms with Crippen molar-refractivity contribution in [2.45, 2.75) is 13.8 Å². The van der Waals surface area contributed by atoms with Gasteiger partial charge < -0.3 is 15.0 Å². The first-order valence-electron chi connectivity index (χ1n) is 5.76. The van der Waals surface area contributed by atoms with Gasteiger partial charge in [0.15, 0.2) is 0 Å². The Kier molecular flexibility index (Phi) is 6.21. The molecular weight excluding hydrogens is 284 g/mol. The van der Waals surface area contributed by atoms with Crippen molar-refractivity contribution in [2.75, 3.05) is 38.6 Å². The third-order valence-corrected chi connectivity index (χ3v) is 3.02. The zero-order valence-corrected chi connectivity index (χ0v) is 12.1. The molecule has 1 aromatic heterocycles. The molecule has 0 spiro atoms. The summed E-state index contributed by atoms with van der Waals surface area (Å²) >= 11 is 3.37. The molecule has 1 rings (SSSR count). The quantitative estimate of drug-likeness (QED) is 0.835. The number of halogens is 1. The Labute approximate surface area is 111 Å². The predicted molar refractivity (Wildman–Crippen MR) is 72.6 cm³/mol. The fourth-order valence-electron chi connectivity index (χ4n) is 1.38. The van der Waals surface area contributed by atoms with E-state index in [0.717, 1.165) is 24.1 Å². The van der Waals surface area contributed by atoms with E-state index in [1.54, 1.807) is 13.2 Å². The Bertz CT molecular complexity index is 344. The van der Waals surface area contributed by atoms with Gasteiger partial charge in [0.05, 0.1) is 10.7 Å². The first kappa shape index (κ1) is 14.2. The van der Waals surface area contributed by atoms with Crippen LogP contribution in [0.2, 0.25) is 0 Å². The predicted octanol–water partition coefficient (Wildman–Crippen LogP) is 2.00. The summed E-state index contributed by atoms with van der Waals surface area (Å²) in [5, 5.41) is 2.88. The first-order chi connectivity index (χ1) is 8.21. The number of hydrogen-bond donors (Lipinski definition) is 1. The van der Waals surface area contributed by atoms with Crippen LogP contribution in [0.1, 0.15) is 13.8 Å². The van der Waals surface area contributed by atoms with E-state index in [4.69, 9.17) is 4.74 Å². The Morgan fingerprint density at radius 1 is 1.41 bits per heavy atom. The molecule has 0 bridgehead atoms. The van der Waals surface area contributed by atoms with Gasteiger partial charge in [-0.3, -0.25) is 0 Å². The van der Waals surface area contributed by atoms with Gasteiger partial charge in [0.1, 0.15) is 6.61 Å². The monoisotopic (exact) mass is 302 g/mol. The molecule has 1 heterocycles. The minimum Gasteiger partial charge on any atom is -0.475 e. The molecule has 0 aromatic carbocycles. The highest BCUT2D eigenvalue weighted by molar-refractivity contribution is 9.10. The van der Waals surface area contributed by atoms with Gasteiger partial charge in [-0.25, -0.2) is 4.98 Å². The molecule has 1 N–H and O–H groups in total. The lowest BCUT2D eigenvalue weighted by Crippen LogP contribution is -2.28. The third-order valence-electron chi connectivity index (χ3n) is 2.48. The summed E-state index contributed by atoms with van der Waals surface area (Å²) in [4.78, 5) is 10.6. The molecule has 96 valence electrons.